The second-order valence-electron chi connectivity index (χ2n) is 18.9. The molecule has 0 radical (unpaired) electrons. The summed E-state index contributed by atoms with van der Waals surface area (Å²) < 4.78 is 0. The van der Waals surface area contributed by atoms with Crippen molar-refractivity contribution in [2.75, 3.05) is 7.05 Å². The van der Waals surface area contributed by atoms with Crippen molar-refractivity contribution in [2.45, 2.75) is 91.9 Å². The van der Waals surface area contributed by atoms with Crippen molar-refractivity contribution in [1.29, 1.82) is 0 Å². The van der Waals surface area contributed by atoms with Gasteiger partial charge in [-0.2, -0.15) is 0 Å². The van der Waals surface area contributed by atoms with Crippen LogP contribution in [0.4, 0.5) is 0 Å². The Morgan fingerprint density at radius 2 is 1.23 bits per heavy atom. The summed E-state index contributed by atoms with van der Waals surface area (Å²) in [6.07, 6.45) is 29.0. The summed E-state index contributed by atoms with van der Waals surface area (Å²) in [5.74, 6) is 0.834. The monoisotopic (exact) mass is 973 g/mol. The van der Waals surface area contributed by atoms with Crippen LogP contribution < -0.4 is 11.5 Å². The van der Waals surface area contributed by atoms with Gasteiger partial charge in [0.25, 0.3) is 0 Å². The highest BCUT2D eigenvalue weighted by Gasteiger charge is 2.49. The molecule has 2 nitrogen and oxygen atoms in total. The van der Waals surface area contributed by atoms with Gasteiger partial charge < -0.3 is 11.5 Å². The molecule has 7 aromatic rings. The highest BCUT2D eigenvalue weighted by atomic mass is 14.5. The zero-order valence-corrected chi connectivity index (χ0v) is 45.5. The Bertz CT molecular complexity index is 3150. The minimum Gasteiger partial charge on any atom is -0.405 e. The molecule has 378 valence electrons. The third-order valence-electron chi connectivity index (χ3n) is 14.4. The van der Waals surface area contributed by atoms with Gasteiger partial charge in [0.2, 0.25) is 0 Å². The minimum absolute atomic E-state index is 0.320. The average Bonchev–Trinajstić information content (AvgIpc) is 3.81. The van der Waals surface area contributed by atoms with Crippen LogP contribution in [0.1, 0.15) is 119 Å². The average molecular weight is 973 g/mol. The van der Waals surface area contributed by atoms with Crippen LogP contribution in [-0.2, 0) is 5.41 Å². The Morgan fingerprint density at radius 1 is 0.608 bits per heavy atom. The number of hydrogen-bond donors (Lipinski definition) is 2. The van der Waals surface area contributed by atoms with Crippen LogP contribution in [0.5, 0.6) is 0 Å². The van der Waals surface area contributed by atoms with Gasteiger partial charge >= 0.3 is 0 Å². The zero-order chi connectivity index (χ0) is 52.9. The van der Waals surface area contributed by atoms with Crippen LogP contribution in [0, 0.1) is 12.8 Å². The number of nitrogens with two attached hydrogens (primary N) is 2. The predicted molar refractivity (Wildman–Crippen MR) is 327 cm³/mol. The van der Waals surface area contributed by atoms with Gasteiger partial charge in [0.1, 0.15) is 0 Å². The van der Waals surface area contributed by atoms with Crippen molar-refractivity contribution in [1.82, 2.24) is 0 Å². The summed E-state index contributed by atoms with van der Waals surface area (Å²) in [5, 5.41) is 2.57. The minimum atomic E-state index is -0.505. The second-order valence-corrected chi connectivity index (χ2v) is 18.9. The largest absolute Gasteiger partial charge is 0.405 e. The normalized spacial score (nSPS) is 16.9. The topological polar surface area (TPSA) is 52.0 Å². The van der Waals surface area contributed by atoms with Gasteiger partial charge in [0.05, 0.1) is 5.41 Å². The second kappa shape index (κ2) is 28.1. The lowest BCUT2D eigenvalue weighted by Crippen LogP contribution is -2.31. The van der Waals surface area contributed by atoms with Crippen LogP contribution in [0.3, 0.4) is 0 Å². The summed E-state index contributed by atoms with van der Waals surface area (Å²) in [6, 6.07) is 59.9. The van der Waals surface area contributed by atoms with Crippen molar-refractivity contribution in [3.63, 3.8) is 0 Å². The van der Waals surface area contributed by atoms with Crippen molar-refractivity contribution < 1.29 is 0 Å². The third-order valence-corrected chi connectivity index (χ3v) is 14.4. The Balaban J connectivity index is 0.000000356. The predicted octanol–water partition coefficient (Wildman–Crippen LogP) is 19.4. The number of hydrogen-bond acceptors (Lipinski definition) is 2. The van der Waals surface area contributed by atoms with E-state index in [9.17, 15) is 0 Å². The van der Waals surface area contributed by atoms with Crippen LogP contribution >= 0.6 is 0 Å². The Kier molecular flexibility index (Phi) is 21.2. The van der Waals surface area contributed by atoms with E-state index in [1.165, 1.54) is 109 Å². The fourth-order valence-electron chi connectivity index (χ4n) is 10.3. The standard InChI is InChI=1S/C52H47N.C13H12.C4H10.C2H6.CH5N/c1-4-36(2)45(25-7-5-6-14-32-53)44-24-16-23-42(34-44)40-21-15-22-41(33-40)43-29-30-47-48-31-28-38-18-10-12-26-46(38)51(48)52(50(47)35-43)37(3)17-8-9-19-39-20-11-13-27-49(39)52;1-11-7-9-13(10-8-11)12-5-3-2-4-6-12;1-3-4-2;2*1-2/h5-28,31-36,45H,3-4,29-30,53H2,1-2H3;2-10H,1H3;3-4H2,1-2H3;1-2H3;2H2,1H3/b6-5-,17-8-,19-9-,25-7+,32-14-;;;;. The molecule has 3 unspecified atom stereocenters. The smallest absolute Gasteiger partial charge is 0.0716 e. The number of aryl methyl sites for hydroxylation is 1. The first-order valence-corrected chi connectivity index (χ1v) is 27.0. The molecule has 3 atom stereocenters. The van der Waals surface area contributed by atoms with Gasteiger partial charge in [-0.1, -0.05) is 285 Å². The summed E-state index contributed by atoms with van der Waals surface area (Å²) in [4.78, 5) is 0. The summed E-state index contributed by atoms with van der Waals surface area (Å²) in [5.41, 5.74) is 29.1. The number of fused-ring (bicyclic) bond motifs is 8. The molecule has 0 fully saturated rings. The quantitative estimate of drug-likeness (QED) is 0.134. The molecule has 0 heterocycles. The van der Waals surface area contributed by atoms with E-state index in [1.807, 2.05) is 32.1 Å². The van der Waals surface area contributed by atoms with Crippen molar-refractivity contribution in [3.05, 3.63) is 281 Å². The van der Waals surface area contributed by atoms with E-state index in [4.69, 9.17) is 12.3 Å². The fraction of sp³-hybridized carbons (Fsp3) is 0.222. The van der Waals surface area contributed by atoms with Crippen LogP contribution in [-0.4, -0.2) is 7.05 Å². The molecule has 1 spiro atoms. The van der Waals surface area contributed by atoms with Gasteiger partial charge in [-0.15, -0.1) is 0 Å². The molecule has 0 aliphatic heterocycles. The van der Waals surface area contributed by atoms with E-state index in [0.717, 1.165) is 24.8 Å². The molecule has 3 aliphatic carbocycles. The van der Waals surface area contributed by atoms with Gasteiger partial charge in [0, 0.05) is 5.92 Å². The van der Waals surface area contributed by atoms with E-state index in [0.29, 0.717) is 11.8 Å². The van der Waals surface area contributed by atoms with E-state index in [-0.39, 0.29) is 0 Å². The zero-order valence-electron chi connectivity index (χ0n) is 45.5. The number of rotatable bonds is 10. The molecule has 0 saturated heterocycles. The molecule has 74 heavy (non-hydrogen) atoms. The van der Waals surface area contributed by atoms with Crippen molar-refractivity contribution in [2.24, 2.45) is 17.4 Å². The molecule has 4 N–H and O–H groups in total. The first-order valence-electron chi connectivity index (χ1n) is 27.0. The van der Waals surface area contributed by atoms with Crippen LogP contribution in [0.25, 0.3) is 50.2 Å². The lowest BCUT2D eigenvalue weighted by atomic mass is 9.63. The molecule has 10 rings (SSSR count). The van der Waals surface area contributed by atoms with E-state index < -0.39 is 5.41 Å². The first-order chi connectivity index (χ1) is 36.3. The molecule has 0 bridgehead atoms. The van der Waals surface area contributed by atoms with Gasteiger partial charge in [-0.05, 0) is 140 Å². The van der Waals surface area contributed by atoms with Gasteiger partial charge in [-0.25, -0.2) is 0 Å². The Hall–Kier alpha value is -7.52. The van der Waals surface area contributed by atoms with Gasteiger partial charge in [0.15, 0.2) is 0 Å². The highest BCUT2D eigenvalue weighted by Crippen LogP contribution is 2.61. The van der Waals surface area contributed by atoms with Crippen LogP contribution in [0.15, 0.2) is 242 Å². The van der Waals surface area contributed by atoms with Crippen molar-refractivity contribution >= 4 is 28.0 Å². The SMILES string of the molecule is C=C1/C=C\C=C/c2ccccc2C12C1=C(CCC(c3cccc(-c4cccc(C(/C=C/C=C\C=C/N)C(C)CC)c4)c3)=C1)c1ccc3ccccc3c12.CC.CCCC.CN.Cc1ccc(-c2ccccc2)cc1. The van der Waals surface area contributed by atoms with Crippen LogP contribution in [0.2, 0.25) is 0 Å². The maximum atomic E-state index is 5.52. The van der Waals surface area contributed by atoms with Gasteiger partial charge in [-0.3, -0.25) is 0 Å². The number of allylic oxidation sites excluding steroid dienone is 13. The molecule has 0 aromatic heterocycles. The third kappa shape index (κ3) is 12.6. The molecular weight excluding hydrogens is 893 g/mol. The highest BCUT2D eigenvalue weighted by molar-refractivity contribution is 6.02. The maximum absolute atomic E-state index is 5.52. The number of benzene rings is 7. The first kappa shape index (κ1) is 55.8. The Morgan fingerprint density at radius 3 is 1.96 bits per heavy atom. The van der Waals surface area contributed by atoms with Crippen molar-refractivity contribution in [3.8, 4) is 22.3 Å². The lowest BCUT2D eigenvalue weighted by molar-refractivity contribution is 0.507. The molecule has 2 heteroatoms. The summed E-state index contributed by atoms with van der Waals surface area (Å²) in [6.45, 7) is 20.0. The molecule has 0 amide bonds. The van der Waals surface area contributed by atoms with E-state index >= 15 is 0 Å². The maximum Gasteiger partial charge on any atom is 0.0716 e. The Labute approximate surface area is 445 Å². The lowest BCUT2D eigenvalue weighted by Gasteiger charge is -2.38. The van der Waals surface area contributed by atoms with E-state index in [1.54, 1.807) is 6.20 Å². The molecule has 7 aromatic carbocycles. The molecular formula is C72H80N2. The summed E-state index contributed by atoms with van der Waals surface area (Å²) >= 11 is 0. The number of unbranched alkanes of at least 4 members (excludes halogenated alkanes) is 1. The van der Waals surface area contributed by atoms with E-state index in [2.05, 4.69) is 247 Å². The fourth-order valence-corrected chi connectivity index (χ4v) is 10.3. The molecule has 0 saturated carbocycles. The summed E-state index contributed by atoms with van der Waals surface area (Å²) in [7, 11) is 1.50. The molecule has 3 aliphatic rings.